The number of nitrogens with zero attached hydrogens (tertiary/aromatic N) is 2. The Morgan fingerprint density at radius 2 is 1.52 bits per heavy atom. The van der Waals surface area contributed by atoms with E-state index in [0.29, 0.717) is 25.6 Å². The molecule has 7 heteroatoms. The lowest BCUT2D eigenvalue weighted by Gasteiger charge is -2.34. The molecule has 1 atom stereocenters. The van der Waals surface area contributed by atoms with Gasteiger partial charge in [0.1, 0.15) is 0 Å². The summed E-state index contributed by atoms with van der Waals surface area (Å²) in [4.78, 5) is 28.8. The smallest absolute Gasteiger partial charge is 0.319 e. The highest BCUT2D eigenvalue weighted by molar-refractivity contribution is 5.85. The maximum Gasteiger partial charge on any atom is 0.319 e. The van der Waals surface area contributed by atoms with Crippen molar-refractivity contribution in [3.63, 3.8) is 0 Å². The largest absolute Gasteiger partial charge is 0.354 e. The molecule has 0 bridgehead atoms. The first-order valence-electron chi connectivity index (χ1n) is 10.6. The van der Waals surface area contributed by atoms with Crippen molar-refractivity contribution in [2.45, 2.75) is 51.5 Å². The van der Waals surface area contributed by atoms with Gasteiger partial charge in [-0.1, -0.05) is 38.1 Å². The van der Waals surface area contributed by atoms with E-state index in [1.54, 1.807) is 0 Å². The topological polar surface area (TPSA) is 78.7 Å². The number of hydrogen-bond acceptors (Lipinski definition) is 3. The van der Waals surface area contributed by atoms with Crippen LogP contribution in [-0.2, 0) is 4.79 Å². The maximum absolute atomic E-state index is 12.5. The van der Waals surface area contributed by atoms with Crippen molar-refractivity contribution < 1.29 is 9.59 Å². The number of urea groups is 1. The van der Waals surface area contributed by atoms with Gasteiger partial charge < -0.3 is 20.9 Å². The number of halogens is 1. The molecule has 6 nitrogen and oxygen atoms in total. The van der Waals surface area contributed by atoms with E-state index in [1.807, 2.05) is 9.80 Å². The number of nitrogens with two attached hydrogens (primary N) is 1. The Hall–Kier alpha value is -1.79. The van der Waals surface area contributed by atoms with Gasteiger partial charge in [-0.3, -0.25) is 4.79 Å². The van der Waals surface area contributed by atoms with E-state index in [0.717, 1.165) is 44.3 Å². The summed E-state index contributed by atoms with van der Waals surface area (Å²) in [7, 11) is 0. The fourth-order valence-corrected chi connectivity index (χ4v) is 4.04. The van der Waals surface area contributed by atoms with Crippen LogP contribution < -0.4 is 11.1 Å². The number of amides is 3. The molecule has 0 aliphatic carbocycles. The third kappa shape index (κ3) is 6.09. The number of rotatable bonds is 5. The Kier molecular flexibility index (Phi) is 8.78. The SMILES string of the molecule is CC(C)c1ccc(C(N)CNC(=O)C2CCN(C(=O)N3CCCC3)CC2)cc1.Cl. The Morgan fingerprint density at radius 1 is 1.00 bits per heavy atom. The number of carbonyl (C=O) groups is 2. The van der Waals surface area contributed by atoms with E-state index in [4.69, 9.17) is 5.73 Å². The van der Waals surface area contributed by atoms with Gasteiger partial charge in [-0.15, -0.1) is 12.4 Å². The van der Waals surface area contributed by atoms with Crippen LogP contribution in [-0.4, -0.2) is 54.5 Å². The third-order valence-electron chi connectivity index (χ3n) is 6.04. The van der Waals surface area contributed by atoms with Gasteiger partial charge in [0, 0.05) is 44.7 Å². The van der Waals surface area contributed by atoms with Crippen LogP contribution in [0.5, 0.6) is 0 Å². The normalized spacial score (nSPS) is 18.5. The average Bonchev–Trinajstić information content (AvgIpc) is 3.26. The molecule has 2 aliphatic rings. The second-order valence-electron chi connectivity index (χ2n) is 8.41. The van der Waals surface area contributed by atoms with Crippen molar-refractivity contribution in [3.8, 4) is 0 Å². The summed E-state index contributed by atoms with van der Waals surface area (Å²) in [6, 6.07) is 8.25. The van der Waals surface area contributed by atoms with Crippen molar-refractivity contribution >= 4 is 24.3 Å². The monoisotopic (exact) mass is 422 g/mol. The summed E-state index contributed by atoms with van der Waals surface area (Å²) >= 11 is 0. The second kappa shape index (κ2) is 10.8. The number of likely N-dealkylation sites (tertiary alicyclic amines) is 2. The van der Waals surface area contributed by atoms with Crippen LogP contribution in [0.25, 0.3) is 0 Å². The van der Waals surface area contributed by atoms with Crippen LogP contribution in [0, 0.1) is 5.92 Å². The van der Waals surface area contributed by atoms with Gasteiger partial charge in [-0.25, -0.2) is 4.79 Å². The zero-order valence-electron chi connectivity index (χ0n) is 17.6. The lowest BCUT2D eigenvalue weighted by molar-refractivity contribution is -0.126. The summed E-state index contributed by atoms with van der Waals surface area (Å²) in [6.45, 7) is 7.84. The second-order valence-corrected chi connectivity index (χ2v) is 8.41. The molecule has 29 heavy (non-hydrogen) atoms. The molecule has 2 heterocycles. The van der Waals surface area contributed by atoms with Crippen LogP contribution in [0.2, 0.25) is 0 Å². The number of carbonyl (C=O) groups excluding carboxylic acids is 2. The quantitative estimate of drug-likeness (QED) is 0.764. The van der Waals surface area contributed by atoms with Gasteiger partial charge in [-0.2, -0.15) is 0 Å². The predicted octanol–water partition coefficient (Wildman–Crippen LogP) is 3.28. The highest BCUT2D eigenvalue weighted by Gasteiger charge is 2.30. The molecule has 3 rings (SSSR count). The van der Waals surface area contributed by atoms with E-state index in [2.05, 4.69) is 43.4 Å². The first kappa shape index (κ1) is 23.5. The van der Waals surface area contributed by atoms with Gasteiger partial charge >= 0.3 is 6.03 Å². The average molecular weight is 423 g/mol. The predicted molar refractivity (Wildman–Crippen MR) is 118 cm³/mol. The summed E-state index contributed by atoms with van der Waals surface area (Å²) in [5.41, 5.74) is 8.58. The van der Waals surface area contributed by atoms with Crippen molar-refractivity contribution in [2.75, 3.05) is 32.7 Å². The first-order valence-corrected chi connectivity index (χ1v) is 10.6. The Labute approximate surface area is 180 Å². The van der Waals surface area contributed by atoms with Crippen LogP contribution in [0.1, 0.15) is 62.6 Å². The highest BCUT2D eigenvalue weighted by atomic mass is 35.5. The van der Waals surface area contributed by atoms with Crippen LogP contribution in [0.4, 0.5) is 4.79 Å². The van der Waals surface area contributed by atoms with Gasteiger partial charge in [0.2, 0.25) is 5.91 Å². The number of nitrogens with one attached hydrogen (secondary N) is 1. The Balaban J connectivity index is 0.00000300. The van der Waals surface area contributed by atoms with Gasteiger partial charge in [-0.05, 0) is 42.7 Å². The number of hydrogen-bond donors (Lipinski definition) is 2. The summed E-state index contributed by atoms with van der Waals surface area (Å²) < 4.78 is 0. The van der Waals surface area contributed by atoms with Crippen LogP contribution in [0.3, 0.4) is 0 Å². The molecule has 0 radical (unpaired) electrons. The molecule has 1 aromatic rings. The molecular weight excluding hydrogens is 388 g/mol. The minimum atomic E-state index is -0.206. The van der Waals surface area contributed by atoms with Gasteiger partial charge in [0.25, 0.3) is 0 Å². The lowest BCUT2D eigenvalue weighted by atomic mass is 9.95. The van der Waals surface area contributed by atoms with Crippen molar-refractivity contribution in [1.82, 2.24) is 15.1 Å². The van der Waals surface area contributed by atoms with E-state index < -0.39 is 0 Å². The van der Waals surface area contributed by atoms with Crippen molar-refractivity contribution in [3.05, 3.63) is 35.4 Å². The molecule has 3 amide bonds. The molecule has 2 aliphatic heterocycles. The molecular formula is C22H35ClN4O2. The number of benzene rings is 1. The van der Waals surface area contributed by atoms with E-state index in [1.165, 1.54) is 5.56 Å². The van der Waals surface area contributed by atoms with E-state index in [9.17, 15) is 9.59 Å². The summed E-state index contributed by atoms with van der Waals surface area (Å²) in [6.07, 6.45) is 3.66. The molecule has 162 valence electrons. The highest BCUT2D eigenvalue weighted by Crippen LogP contribution is 2.21. The van der Waals surface area contributed by atoms with Crippen LogP contribution in [0.15, 0.2) is 24.3 Å². The standard InChI is InChI=1S/C22H34N4O2.ClH/c1-16(2)17-5-7-18(8-6-17)20(23)15-24-21(27)19-9-13-26(14-10-19)22(28)25-11-3-4-12-25;/h5-8,16,19-20H,3-4,9-15,23H2,1-2H3,(H,24,27);1H. The van der Waals surface area contributed by atoms with Gasteiger partial charge in [0.15, 0.2) is 0 Å². The fourth-order valence-electron chi connectivity index (χ4n) is 4.04. The summed E-state index contributed by atoms with van der Waals surface area (Å²) in [5.74, 6) is 0.522. The molecule has 0 spiro atoms. The zero-order chi connectivity index (χ0) is 20.1. The maximum atomic E-state index is 12.5. The third-order valence-corrected chi connectivity index (χ3v) is 6.04. The van der Waals surface area contributed by atoms with Gasteiger partial charge in [0.05, 0.1) is 0 Å². The van der Waals surface area contributed by atoms with Crippen molar-refractivity contribution in [1.29, 1.82) is 0 Å². The number of piperidine rings is 1. The molecule has 0 aromatic heterocycles. The molecule has 3 N–H and O–H groups in total. The summed E-state index contributed by atoms with van der Waals surface area (Å²) in [5, 5.41) is 3.01. The zero-order valence-corrected chi connectivity index (χ0v) is 18.4. The van der Waals surface area contributed by atoms with Crippen molar-refractivity contribution in [2.24, 2.45) is 11.7 Å². The fraction of sp³-hybridized carbons (Fsp3) is 0.636. The van der Waals surface area contributed by atoms with Crippen LogP contribution >= 0.6 is 12.4 Å². The van der Waals surface area contributed by atoms with E-state index >= 15 is 0 Å². The lowest BCUT2D eigenvalue weighted by Crippen LogP contribution is -2.48. The molecule has 0 saturated carbocycles. The molecule has 1 aromatic carbocycles. The minimum Gasteiger partial charge on any atom is -0.354 e. The molecule has 2 fully saturated rings. The minimum absolute atomic E-state index is 0. The molecule has 2 saturated heterocycles. The Morgan fingerprint density at radius 3 is 2.07 bits per heavy atom. The molecule has 1 unspecified atom stereocenters. The van der Waals surface area contributed by atoms with E-state index in [-0.39, 0.29) is 36.3 Å². The first-order chi connectivity index (χ1) is 13.5. The Bertz CT molecular complexity index is 666.